The molecule has 32 heavy (non-hydrogen) atoms. The first kappa shape index (κ1) is 22.4. The molecule has 2 amide bonds. The normalized spacial score (nSPS) is 17.5. The molecule has 0 spiro atoms. The van der Waals surface area contributed by atoms with E-state index in [1.54, 1.807) is 31.4 Å². The van der Waals surface area contributed by atoms with Crippen LogP contribution in [0.5, 0.6) is 5.75 Å². The van der Waals surface area contributed by atoms with Crippen LogP contribution in [0.3, 0.4) is 0 Å². The molecule has 5 nitrogen and oxygen atoms in total. The molecular weight excluding hydrogens is 400 g/mol. The van der Waals surface area contributed by atoms with Gasteiger partial charge in [-0.05, 0) is 74.2 Å². The van der Waals surface area contributed by atoms with E-state index in [4.69, 9.17) is 4.74 Å². The SMILES string of the molecule is COc1ccc(NC(=O)c2ccc(C(=O)N(C3CCCCC3)C3CCCCC3)cc2)cc1. The van der Waals surface area contributed by atoms with Gasteiger partial charge in [-0.25, -0.2) is 0 Å². The van der Waals surface area contributed by atoms with Gasteiger partial charge in [0.2, 0.25) is 0 Å². The van der Waals surface area contributed by atoms with Gasteiger partial charge in [-0.3, -0.25) is 9.59 Å². The van der Waals surface area contributed by atoms with E-state index in [0.717, 1.165) is 31.4 Å². The maximum absolute atomic E-state index is 13.6. The van der Waals surface area contributed by atoms with Gasteiger partial charge in [-0.1, -0.05) is 38.5 Å². The highest BCUT2D eigenvalue weighted by molar-refractivity contribution is 6.05. The second kappa shape index (κ2) is 10.7. The largest absolute Gasteiger partial charge is 0.497 e. The third kappa shape index (κ3) is 5.32. The number of nitrogens with one attached hydrogen (secondary N) is 1. The number of hydrogen-bond acceptors (Lipinski definition) is 3. The van der Waals surface area contributed by atoms with Crippen molar-refractivity contribution in [3.05, 3.63) is 59.7 Å². The van der Waals surface area contributed by atoms with Crippen molar-refractivity contribution in [2.24, 2.45) is 0 Å². The van der Waals surface area contributed by atoms with E-state index in [1.165, 1.54) is 38.5 Å². The van der Waals surface area contributed by atoms with Gasteiger partial charge < -0.3 is 15.0 Å². The maximum Gasteiger partial charge on any atom is 0.255 e. The van der Waals surface area contributed by atoms with Crippen molar-refractivity contribution in [1.29, 1.82) is 0 Å². The first-order valence-electron chi connectivity index (χ1n) is 12.0. The molecule has 2 aromatic rings. The Morgan fingerprint density at radius 1 is 0.750 bits per heavy atom. The highest BCUT2D eigenvalue weighted by atomic mass is 16.5. The van der Waals surface area contributed by atoms with Crippen LogP contribution >= 0.6 is 0 Å². The number of amides is 2. The molecule has 1 N–H and O–H groups in total. The Balaban J connectivity index is 1.46. The van der Waals surface area contributed by atoms with Crippen LogP contribution in [0.25, 0.3) is 0 Å². The minimum atomic E-state index is -0.189. The fourth-order valence-electron chi connectivity index (χ4n) is 5.14. The molecule has 0 heterocycles. The van der Waals surface area contributed by atoms with Crippen molar-refractivity contribution >= 4 is 17.5 Å². The number of ether oxygens (including phenoxy) is 1. The highest BCUT2D eigenvalue weighted by Gasteiger charge is 2.33. The standard InChI is InChI=1S/C27H34N2O3/c1-32-25-18-16-22(17-19-25)28-26(30)20-12-14-21(15-13-20)27(31)29(23-8-4-2-5-9-23)24-10-6-3-7-11-24/h12-19,23-24H,2-11H2,1H3,(H,28,30). The zero-order valence-electron chi connectivity index (χ0n) is 19.0. The predicted molar refractivity (Wildman–Crippen MR) is 127 cm³/mol. The van der Waals surface area contributed by atoms with Crippen LogP contribution in [0.15, 0.2) is 48.5 Å². The Labute approximate surface area is 191 Å². The topological polar surface area (TPSA) is 58.6 Å². The van der Waals surface area contributed by atoms with Crippen LogP contribution in [-0.2, 0) is 0 Å². The number of carbonyl (C=O) groups is 2. The van der Waals surface area contributed by atoms with Crippen LogP contribution in [0, 0.1) is 0 Å². The summed E-state index contributed by atoms with van der Waals surface area (Å²) in [7, 11) is 1.61. The summed E-state index contributed by atoms with van der Waals surface area (Å²) in [5, 5.41) is 2.89. The van der Waals surface area contributed by atoms with Crippen molar-refractivity contribution in [3.63, 3.8) is 0 Å². The number of anilines is 1. The molecular formula is C27H34N2O3. The molecule has 2 aliphatic rings. The minimum Gasteiger partial charge on any atom is -0.497 e. The molecule has 0 aromatic heterocycles. The first-order valence-corrected chi connectivity index (χ1v) is 12.0. The average Bonchev–Trinajstić information content (AvgIpc) is 2.86. The van der Waals surface area contributed by atoms with Gasteiger partial charge in [0, 0.05) is 28.9 Å². The van der Waals surface area contributed by atoms with Gasteiger partial charge in [-0.15, -0.1) is 0 Å². The fraction of sp³-hybridized carbons (Fsp3) is 0.481. The van der Waals surface area contributed by atoms with Crippen molar-refractivity contribution in [1.82, 2.24) is 4.90 Å². The number of carbonyl (C=O) groups excluding carboxylic acids is 2. The molecule has 0 saturated heterocycles. The lowest BCUT2D eigenvalue weighted by Gasteiger charge is -2.42. The molecule has 2 aliphatic carbocycles. The first-order chi connectivity index (χ1) is 15.7. The summed E-state index contributed by atoms with van der Waals surface area (Å²) in [5.41, 5.74) is 1.93. The molecule has 0 aliphatic heterocycles. The van der Waals surface area contributed by atoms with E-state index >= 15 is 0 Å². The van der Waals surface area contributed by atoms with Gasteiger partial charge in [0.05, 0.1) is 7.11 Å². The molecule has 5 heteroatoms. The van der Waals surface area contributed by atoms with Crippen LogP contribution < -0.4 is 10.1 Å². The minimum absolute atomic E-state index is 0.130. The number of methoxy groups -OCH3 is 1. The number of benzene rings is 2. The van der Waals surface area contributed by atoms with E-state index in [0.29, 0.717) is 28.9 Å². The van der Waals surface area contributed by atoms with Gasteiger partial charge in [-0.2, -0.15) is 0 Å². The van der Waals surface area contributed by atoms with E-state index in [-0.39, 0.29) is 11.8 Å². The summed E-state index contributed by atoms with van der Waals surface area (Å²) < 4.78 is 5.15. The summed E-state index contributed by atoms with van der Waals surface area (Å²) >= 11 is 0. The lowest BCUT2D eigenvalue weighted by molar-refractivity contribution is 0.0448. The summed E-state index contributed by atoms with van der Waals surface area (Å²) in [5.74, 6) is 0.683. The van der Waals surface area contributed by atoms with Gasteiger partial charge in [0.25, 0.3) is 11.8 Å². The maximum atomic E-state index is 13.6. The second-order valence-corrected chi connectivity index (χ2v) is 9.06. The smallest absolute Gasteiger partial charge is 0.255 e. The Hall–Kier alpha value is -2.82. The predicted octanol–water partition coefficient (Wildman–Crippen LogP) is 6.06. The molecule has 0 radical (unpaired) electrons. The highest BCUT2D eigenvalue weighted by Crippen LogP contribution is 2.31. The molecule has 0 atom stereocenters. The van der Waals surface area contributed by atoms with Crippen molar-refractivity contribution in [2.75, 3.05) is 12.4 Å². The van der Waals surface area contributed by atoms with Crippen LogP contribution in [0.1, 0.15) is 84.9 Å². The van der Waals surface area contributed by atoms with Crippen LogP contribution in [-0.4, -0.2) is 35.9 Å². The van der Waals surface area contributed by atoms with Gasteiger partial charge in [0.15, 0.2) is 0 Å². The molecule has 2 saturated carbocycles. The zero-order chi connectivity index (χ0) is 22.3. The molecule has 2 fully saturated rings. The number of hydrogen-bond donors (Lipinski definition) is 1. The molecule has 2 aromatic carbocycles. The van der Waals surface area contributed by atoms with Crippen LogP contribution in [0.4, 0.5) is 5.69 Å². The Morgan fingerprint density at radius 3 is 1.75 bits per heavy atom. The van der Waals surface area contributed by atoms with Crippen molar-refractivity contribution < 1.29 is 14.3 Å². The van der Waals surface area contributed by atoms with Gasteiger partial charge in [0.1, 0.15) is 5.75 Å². The van der Waals surface area contributed by atoms with E-state index in [2.05, 4.69) is 10.2 Å². The van der Waals surface area contributed by atoms with E-state index in [9.17, 15) is 9.59 Å². The third-order valence-corrected chi connectivity index (χ3v) is 6.91. The van der Waals surface area contributed by atoms with E-state index < -0.39 is 0 Å². The lowest BCUT2D eigenvalue weighted by Crippen LogP contribution is -2.48. The summed E-state index contributed by atoms with van der Waals surface area (Å²) in [6.45, 7) is 0. The van der Waals surface area contributed by atoms with E-state index in [1.807, 2.05) is 24.3 Å². The van der Waals surface area contributed by atoms with Crippen molar-refractivity contribution in [2.45, 2.75) is 76.3 Å². The lowest BCUT2D eigenvalue weighted by atomic mass is 9.88. The van der Waals surface area contributed by atoms with Crippen molar-refractivity contribution in [3.8, 4) is 5.75 Å². The Bertz CT molecular complexity index is 878. The zero-order valence-corrected chi connectivity index (χ0v) is 19.0. The fourth-order valence-corrected chi connectivity index (χ4v) is 5.14. The summed E-state index contributed by atoms with van der Waals surface area (Å²) in [6, 6.07) is 15.1. The number of nitrogens with zero attached hydrogens (tertiary/aromatic N) is 1. The Morgan fingerprint density at radius 2 is 1.25 bits per heavy atom. The third-order valence-electron chi connectivity index (χ3n) is 6.91. The monoisotopic (exact) mass is 434 g/mol. The average molecular weight is 435 g/mol. The molecule has 170 valence electrons. The molecule has 0 bridgehead atoms. The Kier molecular flexibility index (Phi) is 7.46. The van der Waals surface area contributed by atoms with Gasteiger partial charge >= 0.3 is 0 Å². The molecule has 4 rings (SSSR count). The quantitative estimate of drug-likeness (QED) is 0.602. The van der Waals surface area contributed by atoms with Crippen LogP contribution in [0.2, 0.25) is 0 Å². The summed E-state index contributed by atoms with van der Waals surface area (Å²) in [6.07, 6.45) is 11.9. The summed E-state index contributed by atoms with van der Waals surface area (Å²) in [4.78, 5) is 28.4. The number of rotatable bonds is 6. The second-order valence-electron chi connectivity index (χ2n) is 9.06. The molecule has 0 unspecified atom stereocenters.